The van der Waals surface area contributed by atoms with E-state index in [1.54, 1.807) is 24.3 Å². The zero-order chi connectivity index (χ0) is 16.5. The fourth-order valence-corrected chi connectivity index (χ4v) is 4.76. The molecule has 0 heterocycles. The summed E-state index contributed by atoms with van der Waals surface area (Å²) in [6.07, 6.45) is 1.63. The van der Waals surface area contributed by atoms with Gasteiger partial charge in [0.25, 0.3) is 0 Å². The maximum absolute atomic E-state index is 9.83. The van der Waals surface area contributed by atoms with E-state index in [0.29, 0.717) is 0 Å². The second-order valence-corrected chi connectivity index (χ2v) is 7.11. The summed E-state index contributed by atoms with van der Waals surface area (Å²) in [6, 6.07) is 6.69. The zero-order valence-corrected chi connectivity index (χ0v) is 13.2. The number of rotatable bonds is 0. The highest BCUT2D eigenvalue weighted by Gasteiger charge is 2.52. The van der Waals surface area contributed by atoms with E-state index in [9.17, 15) is 20.4 Å². The van der Waals surface area contributed by atoms with Crippen LogP contribution in [0.4, 0.5) is 0 Å². The molecule has 4 N–H and O–H groups in total. The normalized spacial score (nSPS) is 28.1. The molecule has 120 valence electrons. The number of benzene rings is 2. The van der Waals surface area contributed by atoms with Crippen LogP contribution >= 0.6 is 0 Å². The first-order valence-corrected chi connectivity index (χ1v) is 7.93. The van der Waals surface area contributed by atoms with E-state index in [1.807, 2.05) is 0 Å². The molecule has 0 aromatic heterocycles. The summed E-state index contributed by atoms with van der Waals surface area (Å²) in [5.41, 5.74) is 4.24. The van der Waals surface area contributed by atoms with Crippen LogP contribution in [0.15, 0.2) is 24.3 Å². The van der Waals surface area contributed by atoms with Crippen LogP contribution in [0.25, 0.3) is 0 Å². The minimum atomic E-state index is -0.0777. The van der Waals surface area contributed by atoms with Gasteiger partial charge in [0.05, 0.1) is 0 Å². The van der Waals surface area contributed by atoms with Crippen molar-refractivity contribution in [3.05, 3.63) is 46.5 Å². The fraction of sp³-hybridized carbons (Fsp3) is 0.368. The van der Waals surface area contributed by atoms with Crippen molar-refractivity contribution in [3.63, 3.8) is 0 Å². The van der Waals surface area contributed by atoms with E-state index >= 15 is 0 Å². The Bertz CT molecular complexity index is 755. The van der Waals surface area contributed by atoms with Crippen molar-refractivity contribution in [3.8, 4) is 23.0 Å². The zero-order valence-electron chi connectivity index (χ0n) is 13.2. The lowest BCUT2D eigenvalue weighted by Crippen LogP contribution is -2.28. The van der Waals surface area contributed by atoms with Gasteiger partial charge in [0.15, 0.2) is 23.0 Å². The van der Waals surface area contributed by atoms with Crippen LogP contribution in [0.5, 0.6) is 23.0 Å². The van der Waals surface area contributed by atoms with Gasteiger partial charge < -0.3 is 20.4 Å². The number of phenolic OH excluding ortho intramolecular Hbond substituents is 4. The minimum absolute atomic E-state index is 0.0505. The third-order valence-corrected chi connectivity index (χ3v) is 6.17. The molecule has 0 bridgehead atoms. The van der Waals surface area contributed by atoms with Crippen LogP contribution in [-0.4, -0.2) is 20.4 Å². The largest absolute Gasteiger partial charge is 0.504 e. The van der Waals surface area contributed by atoms with Crippen molar-refractivity contribution in [2.45, 2.75) is 38.5 Å². The Morgan fingerprint density at radius 2 is 1.04 bits per heavy atom. The average Bonchev–Trinajstić information content (AvgIpc) is 2.90. The van der Waals surface area contributed by atoms with Crippen molar-refractivity contribution < 1.29 is 20.4 Å². The SMILES string of the molecule is CC1c2cc(O)c(O)cc2CC12Cc1cc(O)c(O)cc1C2C. The molecule has 2 atom stereocenters. The van der Waals surface area contributed by atoms with Gasteiger partial charge >= 0.3 is 0 Å². The molecule has 4 rings (SSSR count). The molecule has 0 amide bonds. The van der Waals surface area contributed by atoms with Gasteiger partial charge in [0.2, 0.25) is 0 Å². The molecule has 4 nitrogen and oxygen atoms in total. The van der Waals surface area contributed by atoms with Crippen LogP contribution in [-0.2, 0) is 12.8 Å². The first-order valence-electron chi connectivity index (χ1n) is 7.93. The molecule has 2 unspecified atom stereocenters. The summed E-state index contributed by atoms with van der Waals surface area (Å²) in [5, 5.41) is 39.3. The molecule has 0 aliphatic heterocycles. The topological polar surface area (TPSA) is 80.9 Å². The number of hydrogen-bond donors (Lipinski definition) is 4. The van der Waals surface area contributed by atoms with Gasteiger partial charge in [-0.15, -0.1) is 0 Å². The second kappa shape index (κ2) is 4.34. The molecule has 0 fully saturated rings. The quantitative estimate of drug-likeness (QED) is 0.561. The lowest BCUT2D eigenvalue weighted by Gasteiger charge is -2.34. The maximum Gasteiger partial charge on any atom is 0.157 e. The molecule has 0 radical (unpaired) electrons. The Morgan fingerprint density at radius 1 is 0.696 bits per heavy atom. The monoisotopic (exact) mass is 312 g/mol. The summed E-state index contributed by atoms with van der Waals surface area (Å²) >= 11 is 0. The van der Waals surface area contributed by atoms with Crippen LogP contribution in [0, 0.1) is 5.41 Å². The van der Waals surface area contributed by atoms with Gasteiger partial charge in [-0.2, -0.15) is 0 Å². The van der Waals surface area contributed by atoms with Crippen molar-refractivity contribution >= 4 is 0 Å². The highest BCUT2D eigenvalue weighted by molar-refractivity contribution is 5.56. The predicted molar refractivity (Wildman–Crippen MR) is 86.2 cm³/mol. The van der Waals surface area contributed by atoms with Crippen molar-refractivity contribution in [2.75, 3.05) is 0 Å². The standard InChI is InChI=1S/C19H20O4/c1-9-13-5-17(22)15(20)3-11(13)7-19(9)8-12-4-16(21)18(23)6-14(12)10(19)2/h3-6,9-10,20-23H,7-8H2,1-2H3. The average molecular weight is 312 g/mol. The number of fused-ring (bicyclic) bond motifs is 2. The summed E-state index contributed by atoms with van der Waals surface area (Å²) in [5.74, 6) is 0.126. The summed E-state index contributed by atoms with van der Waals surface area (Å²) < 4.78 is 0. The van der Waals surface area contributed by atoms with Crippen molar-refractivity contribution in [1.82, 2.24) is 0 Å². The van der Waals surface area contributed by atoms with E-state index in [1.165, 1.54) is 0 Å². The Morgan fingerprint density at radius 3 is 1.43 bits per heavy atom. The van der Waals surface area contributed by atoms with Crippen molar-refractivity contribution in [1.29, 1.82) is 0 Å². The Kier molecular flexibility index (Phi) is 2.69. The number of phenols is 4. The van der Waals surface area contributed by atoms with Crippen LogP contribution in [0.2, 0.25) is 0 Å². The first-order chi connectivity index (χ1) is 10.8. The third-order valence-electron chi connectivity index (χ3n) is 6.17. The van der Waals surface area contributed by atoms with E-state index in [0.717, 1.165) is 35.1 Å². The third kappa shape index (κ3) is 1.72. The molecule has 1 spiro atoms. The van der Waals surface area contributed by atoms with Crippen LogP contribution in [0.3, 0.4) is 0 Å². The highest BCUT2D eigenvalue weighted by Crippen LogP contribution is 2.62. The van der Waals surface area contributed by atoms with E-state index < -0.39 is 0 Å². The Labute approximate surface area is 134 Å². The summed E-state index contributed by atoms with van der Waals surface area (Å²) in [4.78, 5) is 0. The smallest absolute Gasteiger partial charge is 0.157 e. The van der Waals surface area contributed by atoms with Gasteiger partial charge in [-0.3, -0.25) is 0 Å². The Hall–Kier alpha value is -2.36. The van der Waals surface area contributed by atoms with Gasteiger partial charge in [-0.25, -0.2) is 0 Å². The molecule has 2 aromatic carbocycles. The molecular weight excluding hydrogens is 292 g/mol. The molecule has 2 aliphatic carbocycles. The molecule has 23 heavy (non-hydrogen) atoms. The lowest BCUT2D eigenvalue weighted by molar-refractivity contribution is 0.227. The van der Waals surface area contributed by atoms with Gasteiger partial charge in [0.1, 0.15) is 0 Å². The van der Waals surface area contributed by atoms with Gasteiger partial charge in [-0.1, -0.05) is 13.8 Å². The second-order valence-electron chi connectivity index (χ2n) is 7.11. The van der Waals surface area contributed by atoms with Gasteiger partial charge in [0, 0.05) is 0 Å². The van der Waals surface area contributed by atoms with E-state index in [4.69, 9.17) is 0 Å². The molecule has 2 aliphatic rings. The molecule has 2 aromatic rings. The van der Waals surface area contributed by atoms with Crippen LogP contribution in [0.1, 0.15) is 47.9 Å². The summed E-state index contributed by atoms with van der Waals surface area (Å²) in [7, 11) is 0. The maximum atomic E-state index is 9.83. The predicted octanol–water partition coefficient (Wildman–Crippen LogP) is 3.51. The van der Waals surface area contributed by atoms with Crippen molar-refractivity contribution in [2.24, 2.45) is 5.41 Å². The molecule has 0 saturated carbocycles. The lowest BCUT2D eigenvalue weighted by atomic mass is 9.69. The highest BCUT2D eigenvalue weighted by atomic mass is 16.3. The number of hydrogen-bond acceptors (Lipinski definition) is 4. The van der Waals surface area contributed by atoms with E-state index in [-0.39, 0.29) is 40.2 Å². The van der Waals surface area contributed by atoms with Crippen LogP contribution < -0.4 is 0 Å². The molecule has 4 heteroatoms. The summed E-state index contributed by atoms with van der Waals surface area (Å²) in [6.45, 7) is 4.31. The molecular formula is C19H20O4. The number of aromatic hydroxyl groups is 4. The van der Waals surface area contributed by atoms with E-state index in [2.05, 4.69) is 13.8 Å². The molecule has 0 saturated heterocycles. The minimum Gasteiger partial charge on any atom is -0.504 e. The Balaban J connectivity index is 1.82. The van der Waals surface area contributed by atoms with Gasteiger partial charge in [-0.05, 0) is 76.6 Å². The first kappa shape index (κ1) is 14.2. The fourth-order valence-electron chi connectivity index (χ4n) is 4.76.